The molecule has 4 nitrogen and oxygen atoms in total. The van der Waals surface area contributed by atoms with Crippen LogP contribution >= 0.6 is 0 Å². The second kappa shape index (κ2) is 5.72. The average Bonchev–Trinajstić information content (AvgIpc) is 2.46. The van der Waals surface area contributed by atoms with Crippen molar-refractivity contribution >= 4 is 11.5 Å². The molecule has 0 radical (unpaired) electrons. The Hall–Kier alpha value is -2.49. The van der Waals surface area contributed by atoms with Crippen molar-refractivity contribution in [2.45, 2.75) is 6.54 Å². The van der Waals surface area contributed by atoms with E-state index in [0.29, 0.717) is 5.56 Å². The van der Waals surface area contributed by atoms with Crippen LogP contribution in [0.4, 0.5) is 5.69 Å². The van der Waals surface area contributed by atoms with Gasteiger partial charge in [-0.2, -0.15) is 0 Å². The van der Waals surface area contributed by atoms with E-state index < -0.39 is 0 Å². The van der Waals surface area contributed by atoms with Crippen LogP contribution in [0.1, 0.15) is 11.1 Å². The van der Waals surface area contributed by atoms with Gasteiger partial charge in [-0.25, -0.2) is 0 Å². The van der Waals surface area contributed by atoms with Gasteiger partial charge in [0.05, 0.1) is 0 Å². The second-order valence-corrected chi connectivity index (χ2v) is 3.90. The monoisotopic (exact) mass is 241 g/mol. The molecule has 0 saturated carbocycles. The van der Waals surface area contributed by atoms with Crippen molar-refractivity contribution in [1.29, 1.82) is 0 Å². The lowest BCUT2D eigenvalue weighted by Gasteiger charge is -2.07. The fourth-order valence-electron chi connectivity index (χ4n) is 1.61. The van der Waals surface area contributed by atoms with Gasteiger partial charge in [0.25, 0.3) is 0 Å². The van der Waals surface area contributed by atoms with Gasteiger partial charge in [0, 0.05) is 17.8 Å². The van der Waals surface area contributed by atoms with Crippen LogP contribution in [0, 0.1) is 0 Å². The normalized spacial score (nSPS) is 11.2. The van der Waals surface area contributed by atoms with Crippen LogP contribution in [-0.4, -0.2) is 11.0 Å². The van der Waals surface area contributed by atoms with Gasteiger partial charge in [0.15, 0.2) is 5.84 Å². The van der Waals surface area contributed by atoms with E-state index in [2.05, 4.69) is 10.5 Å². The molecule has 0 aliphatic heterocycles. The topological polar surface area (TPSA) is 70.6 Å². The molecule has 2 aromatic carbocycles. The summed E-state index contributed by atoms with van der Waals surface area (Å²) >= 11 is 0. The molecule has 0 saturated heterocycles. The number of rotatable bonds is 4. The first-order valence-corrected chi connectivity index (χ1v) is 5.65. The molecule has 0 unspecified atom stereocenters. The van der Waals surface area contributed by atoms with Crippen LogP contribution in [0.15, 0.2) is 59.8 Å². The smallest absolute Gasteiger partial charge is 0.170 e. The fraction of sp³-hybridized carbons (Fsp3) is 0.0714. The quantitative estimate of drug-likeness (QED) is 0.333. The summed E-state index contributed by atoms with van der Waals surface area (Å²) in [6.45, 7) is 0.737. The number of oxime groups is 1. The maximum absolute atomic E-state index is 8.56. The molecule has 0 aliphatic carbocycles. The summed E-state index contributed by atoms with van der Waals surface area (Å²) in [5.41, 5.74) is 8.42. The maximum atomic E-state index is 8.56. The molecule has 2 aromatic rings. The number of nitrogens with two attached hydrogens (primary N) is 1. The predicted octanol–water partition coefficient (Wildman–Crippen LogP) is 2.39. The van der Waals surface area contributed by atoms with Crippen LogP contribution in [-0.2, 0) is 6.54 Å². The van der Waals surface area contributed by atoms with Gasteiger partial charge in [-0.15, -0.1) is 0 Å². The Balaban J connectivity index is 1.99. The number of amidine groups is 1. The van der Waals surface area contributed by atoms with Gasteiger partial charge < -0.3 is 16.3 Å². The highest BCUT2D eigenvalue weighted by atomic mass is 16.4. The zero-order valence-electron chi connectivity index (χ0n) is 9.88. The minimum absolute atomic E-state index is 0.123. The van der Waals surface area contributed by atoms with E-state index >= 15 is 0 Å². The molecular formula is C14H15N3O. The Morgan fingerprint density at radius 3 is 2.33 bits per heavy atom. The molecule has 0 amide bonds. The molecule has 92 valence electrons. The Bertz CT molecular complexity index is 520. The summed E-state index contributed by atoms with van der Waals surface area (Å²) in [5, 5.41) is 14.8. The molecule has 0 fully saturated rings. The van der Waals surface area contributed by atoms with E-state index in [-0.39, 0.29) is 5.84 Å². The molecule has 18 heavy (non-hydrogen) atoms. The number of nitrogens with zero attached hydrogens (tertiary/aromatic N) is 1. The molecule has 0 aliphatic rings. The molecule has 0 bridgehead atoms. The number of para-hydroxylation sites is 1. The minimum Gasteiger partial charge on any atom is -0.409 e. The van der Waals surface area contributed by atoms with E-state index in [1.807, 2.05) is 54.6 Å². The highest BCUT2D eigenvalue weighted by molar-refractivity contribution is 5.96. The summed E-state index contributed by atoms with van der Waals surface area (Å²) in [4.78, 5) is 0. The highest BCUT2D eigenvalue weighted by Gasteiger charge is 1.99. The second-order valence-electron chi connectivity index (χ2n) is 3.90. The molecule has 4 N–H and O–H groups in total. The van der Waals surface area contributed by atoms with E-state index in [9.17, 15) is 0 Å². The Morgan fingerprint density at radius 1 is 1.06 bits per heavy atom. The third kappa shape index (κ3) is 3.01. The van der Waals surface area contributed by atoms with Crippen molar-refractivity contribution in [2.24, 2.45) is 10.9 Å². The fourth-order valence-corrected chi connectivity index (χ4v) is 1.61. The van der Waals surface area contributed by atoms with E-state index in [1.54, 1.807) is 0 Å². The molecule has 0 aromatic heterocycles. The third-order valence-electron chi connectivity index (χ3n) is 2.63. The molecule has 0 heterocycles. The summed E-state index contributed by atoms with van der Waals surface area (Å²) in [6, 6.07) is 17.6. The van der Waals surface area contributed by atoms with Crippen LogP contribution < -0.4 is 11.1 Å². The van der Waals surface area contributed by atoms with E-state index in [0.717, 1.165) is 17.8 Å². The number of hydrogen-bond donors (Lipinski definition) is 3. The largest absolute Gasteiger partial charge is 0.409 e. The molecular weight excluding hydrogens is 226 g/mol. The van der Waals surface area contributed by atoms with Crippen molar-refractivity contribution in [2.75, 3.05) is 5.32 Å². The number of anilines is 1. The van der Waals surface area contributed by atoms with Crippen molar-refractivity contribution in [3.8, 4) is 0 Å². The summed E-state index contributed by atoms with van der Waals surface area (Å²) in [5.74, 6) is 0.123. The first-order valence-electron chi connectivity index (χ1n) is 5.65. The molecule has 0 atom stereocenters. The van der Waals surface area contributed by atoms with E-state index in [1.165, 1.54) is 0 Å². The molecule has 2 rings (SSSR count). The highest BCUT2D eigenvalue weighted by Crippen LogP contribution is 2.09. The predicted molar refractivity (Wildman–Crippen MR) is 72.7 cm³/mol. The summed E-state index contributed by atoms with van der Waals surface area (Å²) in [6.07, 6.45) is 0. The van der Waals surface area contributed by atoms with Crippen LogP contribution in [0.2, 0.25) is 0 Å². The van der Waals surface area contributed by atoms with Crippen molar-refractivity contribution in [1.82, 2.24) is 0 Å². The van der Waals surface area contributed by atoms with Gasteiger partial charge in [0.1, 0.15) is 0 Å². The molecule has 0 spiro atoms. The standard InChI is InChI=1S/C14H15N3O/c15-14(17-18)12-8-6-11(7-9-12)10-16-13-4-2-1-3-5-13/h1-9,16,18H,10H2,(H2,15,17). The lowest BCUT2D eigenvalue weighted by Crippen LogP contribution is -2.12. The van der Waals surface area contributed by atoms with Crippen LogP contribution in [0.3, 0.4) is 0 Å². The Kier molecular flexibility index (Phi) is 3.81. The van der Waals surface area contributed by atoms with Crippen molar-refractivity contribution in [3.63, 3.8) is 0 Å². The first kappa shape index (κ1) is 12.0. The first-order chi connectivity index (χ1) is 8.79. The number of nitrogens with one attached hydrogen (secondary N) is 1. The van der Waals surface area contributed by atoms with Crippen molar-refractivity contribution < 1.29 is 5.21 Å². The minimum atomic E-state index is 0.123. The Labute approximate surface area is 106 Å². The van der Waals surface area contributed by atoms with Gasteiger partial charge in [-0.05, 0) is 17.7 Å². The van der Waals surface area contributed by atoms with Gasteiger partial charge in [0.2, 0.25) is 0 Å². The maximum Gasteiger partial charge on any atom is 0.170 e. The zero-order chi connectivity index (χ0) is 12.8. The van der Waals surface area contributed by atoms with E-state index in [4.69, 9.17) is 10.9 Å². The van der Waals surface area contributed by atoms with Crippen LogP contribution in [0.25, 0.3) is 0 Å². The molecule has 4 heteroatoms. The zero-order valence-corrected chi connectivity index (χ0v) is 9.88. The summed E-state index contributed by atoms with van der Waals surface area (Å²) < 4.78 is 0. The average molecular weight is 241 g/mol. The van der Waals surface area contributed by atoms with Gasteiger partial charge in [-0.1, -0.05) is 47.6 Å². The van der Waals surface area contributed by atoms with Gasteiger partial charge >= 0.3 is 0 Å². The SMILES string of the molecule is NC(=NO)c1ccc(CNc2ccccc2)cc1. The lowest BCUT2D eigenvalue weighted by atomic mass is 10.1. The Morgan fingerprint density at radius 2 is 1.72 bits per heavy atom. The summed E-state index contributed by atoms with van der Waals surface area (Å²) in [7, 11) is 0. The number of hydrogen-bond acceptors (Lipinski definition) is 3. The lowest BCUT2D eigenvalue weighted by molar-refractivity contribution is 0.318. The third-order valence-corrected chi connectivity index (χ3v) is 2.63. The number of benzene rings is 2. The van der Waals surface area contributed by atoms with Crippen molar-refractivity contribution in [3.05, 3.63) is 65.7 Å². The van der Waals surface area contributed by atoms with Crippen LogP contribution in [0.5, 0.6) is 0 Å². The van der Waals surface area contributed by atoms with Gasteiger partial charge in [-0.3, -0.25) is 0 Å².